The second-order valence-corrected chi connectivity index (χ2v) is 6.14. The molecule has 3 heterocycles. The number of hydrogen-bond acceptors (Lipinski definition) is 4. The van der Waals surface area contributed by atoms with Crippen molar-refractivity contribution in [3.05, 3.63) is 47.0 Å². The number of carbonyl (C=O) groups excluding carboxylic acids is 1. The minimum Gasteiger partial charge on any atom is -0.340 e. The van der Waals surface area contributed by atoms with Crippen molar-refractivity contribution in [3.8, 4) is 11.3 Å². The van der Waals surface area contributed by atoms with E-state index in [1.807, 2.05) is 5.32 Å². The van der Waals surface area contributed by atoms with Crippen LogP contribution in [0.25, 0.3) is 16.9 Å². The highest BCUT2D eigenvalue weighted by Crippen LogP contribution is 2.24. The lowest BCUT2D eigenvalue weighted by atomic mass is 10.2. The molecule has 0 bridgehead atoms. The fraction of sp³-hybridized carbons (Fsp3) is 0.250. The van der Waals surface area contributed by atoms with Crippen molar-refractivity contribution in [2.75, 3.05) is 0 Å². The Morgan fingerprint density at radius 1 is 1.27 bits per heavy atom. The molecule has 1 N–H and O–H groups in total. The van der Waals surface area contributed by atoms with E-state index in [2.05, 4.69) is 15.1 Å². The quantitative estimate of drug-likeness (QED) is 0.752. The maximum Gasteiger partial charge on any atom is 0.408 e. The Morgan fingerprint density at radius 3 is 2.65 bits per heavy atom. The fourth-order valence-electron chi connectivity index (χ4n) is 2.33. The number of amides is 1. The maximum atomic E-state index is 12.7. The number of halogens is 4. The van der Waals surface area contributed by atoms with Crippen molar-refractivity contribution in [3.63, 3.8) is 0 Å². The zero-order valence-electron chi connectivity index (χ0n) is 13.7. The van der Waals surface area contributed by atoms with Gasteiger partial charge in [-0.3, -0.25) is 9.78 Å². The molecule has 0 aliphatic heterocycles. The van der Waals surface area contributed by atoms with Gasteiger partial charge >= 0.3 is 6.18 Å². The smallest absolute Gasteiger partial charge is 0.340 e. The molecule has 26 heavy (non-hydrogen) atoms. The number of fused-ring (bicyclic) bond motifs is 1. The normalized spacial score (nSPS) is 13.0. The van der Waals surface area contributed by atoms with Crippen LogP contribution in [0, 0.1) is 6.92 Å². The van der Waals surface area contributed by atoms with E-state index >= 15 is 0 Å². The molecular weight excluding hydrogens is 371 g/mol. The molecule has 0 fully saturated rings. The molecule has 0 unspecified atom stereocenters. The van der Waals surface area contributed by atoms with E-state index in [4.69, 9.17) is 11.6 Å². The second-order valence-electron chi connectivity index (χ2n) is 5.71. The number of nitrogens with zero attached hydrogens (tertiary/aromatic N) is 4. The molecular formula is C16H13ClF3N5O. The van der Waals surface area contributed by atoms with Gasteiger partial charge in [0.2, 0.25) is 0 Å². The van der Waals surface area contributed by atoms with E-state index in [9.17, 15) is 18.0 Å². The van der Waals surface area contributed by atoms with Crippen molar-refractivity contribution in [1.82, 2.24) is 24.9 Å². The Bertz CT molecular complexity index is 986. The van der Waals surface area contributed by atoms with Crippen LogP contribution in [0.4, 0.5) is 13.2 Å². The third-order valence-corrected chi connectivity index (χ3v) is 3.94. The Balaban J connectivity index is 2.04. The SMILES string of the molecule is Cc1cc(-c2cncc(Cl)c2)nc2c(C(=O)N[C@@H](C)C(F)(F)F)cnn12. The molecule has 3 rings (SSSR count). The first-order chi connectivity index (χ1) is 12.2. The van der Waals surface area contributed by atoms with E-state index in [0.29, 0.717) is 22.0 Å². The van der Waals surface area contributed by atoms with Gasteiger partial charge in [-0.05, 0) is 26.0 Å². The van der Waals surface area contributed by atoms with Gasteiger partial charge in [0.05, 0.1) is 16.9 Å². The van der Waals surface area contributed by atoms with E-state index < -0.39 is 18.1 Å². The van der Waals surface area contributed by atoms with Gasteiger partial charge in [0.1, 0.15) is 11.6 Å². The third kappa shape index (κ3) is 3.48. The van der Waals surface area contributed by atoms with Gasteiger partial charge < -0.3 is 5.32 Å². The molecule has 0 saturated carbocycles. The highest BCUT2D eigenvalue weighted by Gasteiger charge is 2.37. The van der Waals surface area contributed by atoms with E-state index in [1.54, 1.807) is 25.3 Å². The fourth-order valence-corrected chi connectivity index (χ4v) is 2.50. The van der Waals surface area contributed by atoms with Crippen molar-refractivity contribution in [1.29, 1.82) is 0 Å². The van der Waals surface area contributed by atoms with Gasteiger partial charge in [0.15, 0.2) is 5.65 Å². The van der Waals surface area contributed by atoms with Gasteiger partial charge in [-0.2, -0.15) is 18.3 Å². The van der Waals surface area contributed by atoms with Gasteiger partial charge in [0, 0.05) is 23.7 Å². The van der Waals surface area contributed by atoms with Crippen molar-refractivity contribution >= 4 is 23.2 Å². The van der Waals surface area contributed by atoms with Crippen LogP contribution in [0.1, 0.15) is 23.0 Å². The minimum atomic E-state index is -4.54. The summed E-state index contributed by atoms with van der Waals surface area (Å²) in [5.41, 5.74) is 1.82. The number of aryl methyl sites for hydroxylation is 1. The van der Waals surface area contributed by atoms with Crippen LogP contribution in [0.15, 0.2) is 30.7 Å². The summed E-state index contributed by atoms with van der Waals surface area (Å²) in [5.74, 6) is -0.905. The predicted molar refractivity (Wildman–Crippen MR) is 88.9 cm³/mol. The summed E-state index contributed by atoms with van der Waals surface area (Å²) in [4.78, 5) is 20.6. The Kier molecular flexibility index (Phi) is 4.57. The number of nitrogens with one attached hydrogen (secondary N) is 1. The molecule has 136 valence electrons. The van der Waals surface area contributed by atoms with E-state index in [1.165, 1.54) is 16.9 Å². The summed E-state index contributed by atoms with van der Waals surface area (Å²) in [7, 11) is 0. The molecule has 3 aromatic rings. The summed E-state index contributed by atoms with van der Waals surface area (Å²) in [5, 5.41) is 6.35. The number of hydrogen-bond donors (Lipinski definition) is 1. The van der Waals surface area contributed by atoms with Gasteiger partial charge in [-0.25, -0.2) is 9.50 Å². The molecule has 0 aliphatic carbocycles. The molecule has 0 saturated heterocycles. The van der Waals surface area contributed by atoms with Crippen LogP contribution in [-0.2, 0) is 0 Å². The summed E-state index contributed by atoms with van der Waals surface area (Å²) in [6.07, 6.45) is -0.341. The first kappa shape index (κ1) is 18.1. The lowest BCUT2D eigenvalue weighted by molar-refractivity contribution is -0.149. The molecule has 3 aromatic heterocycles. The summed E-state index contributed by atoms with van der Waals surface area (Å²) >= 11 is 5.93. The molecule has 0 aromatic carbocycles. The highest BCUT2D eigenvalue weighted by molar-refractivity contribution is 6.30. The molecule has 10 heteroatoms. The Labute approximate surface area is 151 Å². The molecule has 1 amide bonds. The van der Waals surface area contributed by atoms with Crippen LogP contribution in [0.5, 0.6) is 0 Å². The topological polar surface area (TPSA) is 72.2 Å². The van der Waals surface area contributed by atoms with Crippen LogP contribution < -0.4 is 5.32 Å². The molecule has 1 atom stereocenters. The second kappa shape index (κ2) is 6.56. The van der Waals surface area contributed by atoms with Crippen molar-refractivity contribution in [2.45, 2.75) is 26.1 Å². The number of rotatable bonds is 3. The lowest BCUT2D eigenvalue weighted by Gasteiger charge is -2.16. The number of pyridine rings is 1. The lowest BCUT2D eigenvalue weighted by Crippen LogP contribution is -2.43. The van der Waals surface area contributed by atoms with Crippen LogP contribution in [0.3, 0.4) is 0 Å². The number of aromatic nitrogens is 4. The van der Waals surface area contributed by atoms with Crippen LogP contribution >= 0.6 is 11.6 Å². The third-order valence-electron chi connectivity index (χ3n) is 3.73. The van der Waals surface area contributed by atoms with Crippen LogP contribution in [0.2, 0.25) is 5.02 Å². The molecule has 6 nitrogen and oxygen atoms in total. The van der Waals surface area contributed by atoms with Gasteiger partial charge in [-0.15, -0.1) is 0 Å². The summed E-state index contributed by atoms with van der Waals surface area (Å²) in [6.45, 7) is 2.61. The van der Waals surface area contributed by atoms with E-state index in [-0.39, 0.29) is 11.2 Å². The largest absolute Gasteiger partial charge is 0.408 e. The van der Waals surface area contributed by atoms with Crippen LogP contribution in [-0.4, -0.2) is 37.7 Å². The monoisotopic (exact) mass is 383 g/mol. The van der Waals surface area contributed by atoms with Gasteiger partial charge in [-0.1, -0.05) is 11.6 Å². The summed E-state index contributed by atoms with van der Waals surface area (Å²) < 4.78 is 39.4. The van der Waals surface area contributed by atoms with E-state index in [0.717, 1.165) is 6.92 Å². The molecule has 0 aliphatic rings. The highest BCUT2D eigenvalue weighted by atomic mass is 35.5. The zero-order chi connectivity index (χ0) is 19.1. The zero-order valence-corrected chi connectivity index (χ0v) is 14.4. The summed E-state index contributed by atoms with van der Waals surface area (Å²) in [6, 6.07) is 1.37. The average molecular weight is 384 g/mol. The molecule has 0 radical (unpaired) electrons. The first-order valence-electron chi connectivity index (χ1n) is 7.50. The number of carbonyl (C=O) groups is 1. The van der Waals surface area contributed by atoms with Crippen molar-refractivity contribution < 1.29 is 18.0 Å². The average Bonchev–Trinajstić information content (AvgIpc) is 2.98. The maximum absolute atomic E-state index is 12.7. The number of alkyl halides is 3. The standard InChI is InChI=1S/C16H13ClF3N5O/c1-8-3-13(10-4-11(17)6-21-5-10)24-14-12(7-22-25(8)14)15(26)23-9(2)16(18,19)20/h3-7,9H,1-2H3,(H,23,26)/t9-/m0/s1. The Hall–Kier alpha value is -2.68. The first-order valence-corrected chi connectivity index (χ1v) is 7.88. The van der Waals surface area contributed by atoms with Gasteiger partial charge in [0.25, 0.3) is 5.91 Å². The molecule has 0 spiro atoms. The predicted octanol–water partition coefficient (Wildman–Crippen LogP) is 3.43. The Morgan fingerprint density at radius 2 is 2.00 bits per heavy atom. The van der Waals surface area contributed by atoms with Crippen molar-refractivity contribution in [2.24, 2.45) is 0 Å². The minimum absolute atomic E-state index is 0.0546.